The quantitative estimate of drug-likeness (QED) is 0.489. The van der Waals surface area contributed by atoms with E-state index in [1.807, 2.05) is 29.6 Å². The van der Waals surface area contributed by atoms with E-state index in [1.54, 1.807) is 18.2 Å². The van der Waals surface area contributed by atoms with Crippen molar-refractivity contribution < 1.29 is 9.59 Å². The Morgan fingerprint density at radius 3 is 2.86 bits per heavy atom. The first-order valence-corrected chi connectivity index (χ1v) is 9.77. The van der Waals surface area contributed by atoms with Crippen LogP contribution in [-0.4, -0.2) is 21.8 Å². The van der Waals surface area contributed by atoms with Crippen molar-refractivity contribution in [1.29, 1.82) is 0 Å². The molecule has 7 nitrogen and oxygen atoms in total. The van der Waals surface area contributed by atoms with Crippen LogP contribution in [0, 0.1) is 0 Å². The number of aromatic amines is 1. The summed E-state index contributed by atoms with van der Waals surface area (Å²) in [5.41, 5.74) is 3.90. The van der Waals surface area contributed by atoms with Crippen molar-refractivity contribution in [2.24, 2.45) is 0 Å². The fourth-order valence-corrected chi connectivity index (χ4v) is 4.12. The van der Waals surface area contributed by atoms with Gasteiger partial charge in [0.25, 0.3) is 5.91 Å². The fraction of sp³-hybridized carbons (Fsp3) is 0.0476. The number of anilines is 2. The summed E-state index contributed by atoms with van der Waals surface area (Å²) in [5.74, 6) is -0.412. The zero-order valence-electron chi connectivity index (χ0n) is 15.0. The number of aromatic nitrogens is 2. The predicted molar refractivity (Wildman–Crippen MR) is 112 cm³/mol. The van der Waals surface area contributed by atoms with Gasteiger partial charge in [0.1, 0.15) is 0 Å². The van der Waals surface area contributed by atoms with Crippen molar-refractivity contribution >= 4 is 44.9 Å². The summed E-state index contributed by atoms with van der Waals surface area (Å²) in [4.78, 5) is 43.4. The lowest BCUT2D eigenvalue weighted by molar-refractivity contribution is -0.115. The molecule has 0 radical (unpaired) electrons. The van der Waals surface area contributed by atoms with Crippen LogP contribution in [0.15, 0.2) is 58.7 Å². The Hall–Kier alpha value is -3.78. The van der Waals surface area contributed by atoms with Crippen molar-refractivity contribution in [3.05, 3.63) is 75.4 Å². The Labute approximate surface area is 168 Å². The standard InChI is InChI=1S/C21H14N4O3S/c26-18-8-12-7-11(5-6-15(12)22-18)17-10-29-21(24-17)25-20(28)14-9-19(27)23-16-4-2-1-3-13(14)16/h1-7,9-10H,8H2,(H,22,26)(H,23,27)(H,24,25,28). The van der Waals surface area contributed by atoms with E-state index in [-0.39, 0.29) is 11.5 Å². The highest BCUT2D eigenvalue weighted by Crippen LogP contribution is 2.31. The number of carbonyl (C=O) groups is 2. The molecule has 0 atom stereocenters. The number of H-pyrrole nitrogens is 1. The number of para-hydroxylation sites is 1. The molecule has 2 amide bonds. The van der Waals surface area contributed by atoms with E-state index in [4.69, 9.17) is 0 Å². The zero-order chi connectivity index (χ0) is 20.0. The molecule has 0 saturated heterocycles. The van der Waals surface area contributed by atoms with Gasteiger partial charge >= 0.3 is 0 Å². The molecule has 2 aromatic carbocycles. The van der Waals surface area contributed by atoms with Crippen molar-refractivity contribution in [3.63, 3.8) is 0 Å². The zero-order valence-corrected chi connectivity index (χ0v) is 15.8. The monoisotopic (exact) mass is 402 g/mol. The molecule has 8 heteroatoms. The second-order valence-electron chi connectivity index (χ2n) is 6.68. The van der Waals surface area contributed by atoms with Gasteiger partial charge in [-0.2, -0.15) is 0 Å². The number of amides is 2. The van der Waals surface area contributed by atoms with Gasteiger partial charge in [0, 0.05) is 33.6 Å². The predicted octanol–water partition coefficient (Wildman–Crippen LogP) is 3.40. The number of hydrogen-bond donors (Lipinski definition) is 3. The average molecular weight is 402 g/mol. The SMILES string of the molecule is O=C1Cc2cc(-c3csc(NC(=O)c4cc(=O)[nH]c5ccccc45)n3)ccc2N1. The summed E-state index contributed by atoms with van der Waals surface area (Å²) in [6.45, 7) is 0. The fourth-order valence-electron chi connectivity index (χ4n) is 3.41. The Bertz CT molecular complexity index is 1360. The van der Waals surface area contributed by atoms with Gasteiger partial charge in [-0.05, 0) is 23.8 Å². The van der Waals surface area contributed by atoms with Crippen LogP contribution in [0.5, 0.6) is 0 Å². The first kappa shape index (κ1) is 17.3. The third-order valence-corrected chi connectivity index (χ3v) is 5.50. The largest absolute Gasteiger partial charge is 0.326 e. The minimum atomic E-state index is -0.392. The summed E-state index contributed by atoms with van der Waals surface area (Å²) in [6, 6.07) is 14.1. The molecule has 0 fully saturated rings. The lowest BCUT2D eigenvalue weighted by Crippen LogP contribution is -2.16. The molecule has 0 unspecified atom stereocenters. The molecule has 0 bridgehead atoms. The number of hydrogen-bond acceptors (Lipinski definition) is 5. The Kier molecular flexibility index (Phi) is 3.99. The first-order chi connectivity index (χ1) is 14.1. The molecule has 2 aromatic heterocycles. The number of rotatable bonds is 3. The smallest absolute Gasteiger partial charge is 0.258 e. The third kappa shape index (κ3) is 3.19. The topological polar surface area (TPSA) is 104 Å². The lowest BCUT2D eigenvalue weighted by atomic mass is 10.1. The lowest BCUT2D eigenvalue weighted by Gasteiger charge is -2.05. The van der Waals surface area contributed by atoms with Gasteiger partial charge in [0.05, 0.1) is 17.7 Å². The van der Waals surface area contributed by atoms with Crippen LogP contribution >= 0.6 is 11.3 Å². The molecule has 142 valence electrons. The van der Waals surface area contributed by atoms with Crippen molar-refractivity contribution in [1.82, 2.24) is 9.97 Å². The van der Waals surface area contributed by atoms with E-state index >= 15 is 0 Å². The van der Waals surface area contributed by atoms with Gasteiger partial charge in [0.15, 0.2) is 5.13 Å². The highest BCUT2D eigenvalue weighted by atomic mass is 32.1. The number of pyridine rings is 1. The molecule has 5 rings (SSSR count). The van der Waals surface area contributed by atoms with Gasteiger partial charge < -0.3 is 10.3 Å². The molecular formula is C21H14N4O3S. The first-order valence-electron chi connectivity index (χ1n) is 8.89. The van der Waals surface area contributed by atoms with E-state index in [0.29, 0.717) is 33.7 Å². The molecule has 0 aliphatic carbocycles. The van der Waals surface area contributed by atoms with Gasteiger partial charge in [0.2, 0.25) is 11.5 Å². The van der Waals surface area contributed by atoms with Crippen LogP contribution in [0.2, 0.25) is 0 Å². The summed E-state index contributed by atoms with van der Waals surface area (Å²) < 4.78 is 0. The maximum atomic E-state index is 12.8. The van der Waals surface area contributed by atoms with E-state index in [9.17, 15) is 14.4 Å². The Balaban J connectivity index is 1.43. The van der Waals surface area contributed by atoms with Crippen LogP contribution in [0.1, 0.15) is 15.9 Å². The van der Waals surface area contributed by atoms with Crippen LogP contribution < -0.4 is 16.2 Å². The van der Waals surface area contributed by atoms with E-state index in [2.05, 4.69) is 20.6 Å². The molecule has 3 N–H and O–H groups in total. The molecule has 3 heterocycles. The number of benzene rings is 2. The van der Waals surface area contributed by atoms with Crippen LogP contribution in [0.3, 0.4) is 0 Å². The minimum absolute atomic E-state index is 0.0199. The molecule has 0 spiro atoms. The van der Waals surface area contributed by atoms with Crippen LogP contribution in [0.25, 0.3) is 22.2 Å². The van der Waals surface area contributed by atoms with Crippen molar-refractivity contribution in [2.45, 2.75) is 6.42 Å². The number of nitrogens with one attached hydrogen (secondary N) is 3. The van der Waals surface area contributed by atoms with E-state index < -0.39 is 5.91 Å². The van der Waals surface area contributed by atoms with E-state index in [1.165, 1.54) is 17.4 Å². The van der Waals surface area contributed by atoms with Crippen molar-refractivity contribution in [3.8, 4) is 11.3 Å². The molecule has 1 aliphatic rings. The highest BCUT2D eigenvalue weighted by Gasteiger charge is 2.19. The molecular weight excluding hydrogens is 388 g/mol. The second-order valence-corrected chi connectivity index (χ2v) is 7.54. The second kappa shape index (κ2) is 6.68. The minimum Gasteiger partial charge on any atom is -0.326 e. The summed E-state index contributed by atoms with van der Waals surface area (Å²) >= 11 is 1.30. The van der Waals surface area contributed by atoms with Gasteiger partial charge in [-0.25, -0.2) is 4.98 Å². The number of nitrogens with zero attached hydrogens (tertiary/aromatic N) is 1. The van der Waals surface area contributed by atoms with Crippen LogP contribution in [-0.2, 0) is 11.2 Å². The van der Waals surface area contributed by atoms with Crippen molar-refractivity contribution in [2.75, 3.05) is 10.6 Å². The normalized spacial score (nSPS) is 12.6. The van der Waals surface area contributed by atoms with Gasteiger partial charge in [-0.1, -0.05) is 24.3 Å². The number of carbonyl (C=O) groups excluding carboxylic acids is 2. The third-order valence-electron chi connectivity index (χ3n) is 4.75. The van der Waals surface area contributed by atoms with Gasteiger partial charge in [-0.3, -0.25) is 19.7 Å². The van der Waals surface area contributed by atoms with E-state index in [0.717, 1.165) is 16.8 Å². The average Bonchev–Trinajstić information content (AvgIpc) is 3.32. The summed E-state index contributed by atoms with van der Waals surface area (Å²) in [5, 5.41) is 8.52. The molecule has 4 aromatic rings. The Morgan fingerprint density at radius 2 is 1.97 bits per heavy atom. The Morgan fingerprint density at radius 1 is 1.10 bits per heavy atom. The van der Waals surface area contributed by atoms with Gasteiger partial charge in [-0.15, -0.1) is 11.3 Å². The summed E-state index contributed by atoms with van der Waals surface area (Å²) in [7, 11) is 0. The maximum absolute atomic E-state index is 12.8. The molecule has 1 aliphatic heterocycles. The summed E-state index contributed by atoms with van der Waals surface area (Å²) in [6.07, 6.45) is 0.354. The number of thiazole rings is 1. The molecule has 0 saturated carbocycles. The maximum Gasteiger partial charge on any atom is 0.258 e. The highest BCUT2D eigenvalue weighted by molar-refractivity contribution is 7.14. The molecule has 29 heavy (non-hydrogen) atoms. The van der Waals surface area contributed by atoms with Crippen LogP contribution in [0.4, 0.5) is 10.8 Å². The number of fused-ring (bicyclic) bond motifs is 2.